The molecule has 3 aromatic rings. The summed E-state index contributed by atoms with van der Waals surface area (Å²) in [6.45, 7) is 1.54. The Morgan fingerprint density at radius 2 is 1.77 bits per heavy atom. The molecule has 8 heteroatoms. The van der Waals surface area contributed by atoms with Gasteiger partial charge in [0.15, 0.2) is 6.61 Å². The topological polar surface area (TPSA) is 87.7 Å². The van der Waals surface area contributed by atoms with E-state index in [9.17, 15) is 14.7 Å². The number of halogens is 2. The number of benzene rings is 3. The second-order valence-corrected chi connectivity index (χ2v) is 7.26. The molecule has 3 N–H and O–H groups in total. The van der Waals surface area contributed by atoms with Crippen LogP contribution in [0.3, 0.4) is 0 Å². The van der Waals surface area contributed by atoms with Gasteiger partial charge >= 0.3 is 0 Å². The molecule has 3 rings (SSSR count). The minimum absolute atomic E-state index is 0.184. The number of ether oxygens (including phenoxy) is 1. The summed E-state index contributed by atoms with van der Waals surface area (Å²) in [5.41, 5.74) is 1.90. The van der Waals surface area contributed by atoms with Crippen molar-refractivity contribution in [3.8, 4) is 11.5 Å². The minimum Gasteiger partial charge on any atom is -0.506 e. The van der Waals surface area contributed by atoms with Crippen molar-refractivity contribution in [1.29, 1.82) is 0 Å². The Kier molecular flexibility index (Phi) is 6.82. The molecule has 0 aromatic heterocycles. The molecular weight excluding hydrogens is 427 g/mol. The lowest BCUT2D eigenvalue weighted by atomic mass is 10.1. The fraction of sp³-hybridized carbons (Fsp3) is 0.0909. The van der Waals surface area contributed by atoms with E-state index in [1.807, 2.05) is 19.1 Å². The third kappa shape index (κ3) is 5.43. The second kappa shape index (κ2) is 9.52. The van der Waals surface area contributed by atoms with Gasteiger partial charge in [-0.05, 0) is 48.9 Å². The van der Waals surface area contributed by atoms with Gasteiger partial charge in [-0.25, -0.2) is 0 Å². The minimum atomic E-state index is -0.447. The summed E-state index contributed by atoms with van der Waals surface area (Å²) in [7, 11) is 0. The first-order valence-electron chi connectivity index (χ1n) is 8.91. The highest BCUT2D eigenvalue weighted by molar-refractivity contribution is 6.35. The van der Waals surface area contributed by atoms with E-state index in [-0.39, 0.29) is 24.0 Å². The van der Waals surface area contributed by atoms with Crippen molar-refractivity contribution in [3.05, 3.63) is 81.8 Å². The van der Waals surface area contributed by atoms with Crippen molar-refractivity contribution in [2.45, 2.75) is 6.92 Å². The molecule has 0 bridgehead atoms. The lowest BCUT2D eigenvalue weighted by Gasteiger charge is -2.12. The summed E-state index contributed by atoms with van der Waals surface area (Å²) < 4.78 is 5.37. The third-order valence-electron chi connectivity index (χ3n) is 4.17. The van der Waals surface area contributed by atoms with Crippen LogP contribution < -0.4 is 15.4 Å². The van der Waals surface area contributed by atoms with Gasteiger partial charge in [0.1, 0.15) is 11.5 Å². The number of hydrogen-bond acceptors (Lipinski definition) is 4. The number of carbonyl (C=O) groups is 2. The molecule has 2 amide bonds. The number of nitrogens with one attached hydrogen (secondary N) is 2. The van der Waals surface area contributed by atoms with E-state index in [4.69, 9.17) is 27.9 Å². The normalized spacial score (nSPS) is 10.4. The average molecular weight is 445 g/mol. The van der Waals surface area contributed by atoms with Gasteiger partial charge in [-0.1, -0.05) is 41.4 Å². The van der Waals surface area contributed by atoms with Crippen LogP contribution in [0.5, 0.6) is 11.5 Å². The largest absolute Gasteiger partial charge is 0.506 e. The van der Waals surface area contributed by atoms with Crippen molar-refractivity contribution in [2.75, 3.05) is 17.2 Å². The lowest BCUT2D eigenvalue weighted by Crippen LogP contribution is -2.20. The van der Waals surface area contributed by atoms with Crippen LogP contribution in [-0.4, -0.2) is 23.5 Å². The fourth-order valence-electron chi connectivity index (χ4n) is 2.67. The van der Waals surface area contributed by atoms with Gasteiger partial charge in [0, 0.05) is 22.3 Å². The highest BCUT2D eigenvalue weighted by Gasteiger charge is 2.12. The number of anilines is 2. The number of phenolic OH excluding ortho intramolecular Hbond substituents is 1. The van der Waals surface area contributed by atoms with Gasteiger partial charge in [0.05, 0.1) is 10.7 Å². The SMILES string of the molecule is Cc1ccccc1C(=O)Nc1ccc(NC(=O)COc2ccc(Cl)cc2Cl)cc1O. The van der Waals surface area contributed by atoms with Crippen LogP contribution in [0, 0.1) is 6.92 Å². The standard InChI is InChI=1S/C22H18Cl2N2O4/c1-13-4-2-3-5-16(13)22(29)26-18-8-7-15(11-19(18)27)25-21(28)12-30-20-9-6-14(23)10-17(20)24/h2-11,27H,12H2,1H3,(H,25,28)(H,26,29). The van der Waals surface area contributed by atoms with Crippen molar-refractivity contribution >= 4 is 46.4 Å². The van der Waals surface area contributed by atoms with Gasteiger partial charge in [0.25, 0.3) is 11.8 Å². The second-order valence-electron chi connectivity index (χ2n) is 6.41. The van der Waals surface area contributed by atoms with Crippen molar-refractivity contribution in [3.63, 3.8) is 0 Å². The maximum atomic E-state index is 12.4. The van der Waals surface area contributed by atoms with Crippen LogP contribution in [0.15, 0.2) is 60.7 Å². The molecule has 6 nitrogen and oxygen atoms in total. The molecule has 0 heterocycles. The number of carbonyl (C=O) groups excluding carboxylic acids is 2. The number of phenols is 1. The molecule has 0 spiro atoms. The van der Waals surface area contributed by atoms with Gasteiger partial charge < -0.3 is 20.5 Å². The summed E-state index contributed by atoms with van der Waals surface area (Å²) in [5, 5.41) is 16.2. The smallest absolute Gasteiger partial charge is 0.262 e. The number of amides is 2. The van der Waals surface area contributed by atoms with Gasteiger partial charge in [-0.15, -0.1) is 0 Å². The molecular formula is C22H18Cl2N2O4. The van der Waals surface area contributed by atoms with Crippen molar-refractivity contribution in [1.82, 2.24) is 0 Å². The van der Waals surface area contributed by atoms with Crippen LogP contribution in [-0.2, 0) is 4.79 Å². The molecule has 0 aliphatic rings. The van der Waals surface area contributed by atoms with E-state index in [2.05, 4.69) is 10.6 Å². The molecule has 0 unspecified atom stereocenters. The molecule has 30 heavy (non-hydrogen) atoms. The third-order valence-corrected chi connectivity index (χ3v) is 4.70. The van der Waals surface area contributed by atoms with E-state index in [1.165, 1.54) is 18.2 Å². The number of rotatable bonds is 6. The van der Waals surface area contributed by atoms with Crippen molar-refractivity contribution in [2.24, 2.45) is 0 Å². The van der Waals surface area contributed by atoms with Gasteiger partial charge in [-0.3, -0.25) is 9.59 Å². The number of aryl methyl sites for hydroxylation is 1. The molecule has 3 aromatic carbocycles. The Bertz CT molecular complexity index is 1100. The first kappa shape index (κ1) is 21.5. The van der Waals surface area contributed by atoms with Crippen LogP contribution in [0.1, 0.15) is 15.9 Å². The Balaban J connectivity index is 1.60. The van der Waals surface area contributed by atoms with E-state index < -0.39 is 5.91 Å². The summed E-state index contributed by atoms with van der Waals surface area (Å²) in [6.07, 6.45) is 0. The van der Waals surface area contributed by atoms with Gasteiger partial charge in [-0.2, -0.15) is 0 Å². The van der Waals surface area contributed by atoms with Crippen LogP contribution in [0.2, 0.25) is 10.0 Å². The lowest BCUT2D eigenvalue weighted by molar-refractivity contribution is -0.118. The average Bonchev–Trinajstić information content (AvgIpc) is 2.69. The van der Waals surface area contributed by atoms with Gasteiger partial charge in [0.2, 0.25) is 0 Å². The van der Waals surface area contributed by atoms with Crippen LogP contribution in [0.4, 0.5) is 11.4 Å². The first-order chi connectivity index (χ1) is 14.3. The van der Waals surface area contributed by atoms with Crippen LogP contribution >= 0.6 is 23.2 Å². The maximum absolute atomic E-state index is 12.4. The Morgan fingerprint density at radius 3 is 2.47 bits per heavy atom. The summed E-state index contributed by atoms with van der Waals surface area (Å²) in [6, 6.07) is 16.2. The Labute approximate surface area is 183 Å². The molecule has 154 valence electrons. The van der Waals surface area contributed by atoms with Crippen LogP contribution in [0.25, 0.3) is 0 Å². The summed E-state index contributed by atoms with van der Waals surface area (Å²) in [5.74, 6) is -0.643. The highest BCUT2D eigenvalue weighted by Crippen LogP contribution is 2.29. The molecule has 0 aliphatic carbocycles. The molecule has 0 saturated heterocycles. The predicted molar refractivity (Wildman–Crippen MR) is 118 cm³/mol. The van der Waals surface area contributed by atoms with E-state index >= 15 is 0 Å². The quantitative estimate of drug-likeness (QED) is 0.451. The number of aromatic hydroxyl groups is 1. The zero-order chi connectivity index (χ0) is 21.7. The zero-order valence-electron chi connectivity index (χ0n) is 15.9. The predicted octanol–water partition coefficient (Wildman–Crippen LogP) is 5.28. The monoisotopic (exact) mass is 444 g/mol. The molecule has 0 fully saturated rings. The Hall–Kier alpha value is -3.22. The molecule has 0 aliphatic heterocycles. The Morgan fingerprint density at radius 1 is 1.00 bits per heavy atom. The van der Waals surface area contributed by atoms with Crippen molar-refractivity contribution < 1.29 is 19.4 Å². The molecule has 0 atom stereocenters. The van der Waals surface area contributed by atoms with E-state index in [0.29, 0.717) is 27.0 Å². The molecule has 0 radical (unpaired) electrons. The zero-order valence-corrected chi connectivity index (χ0v) is 17.4. The maximum Gasteiger partial charge on any atom is 0.262 e. The van der Waals surface area contributed by atoms with E-state index in [1.54, 1.807) is 30.3 Å². The fourth-order valence-corrected chi connectivity index (χ4v) is 3.13. The van der Waals surface area contributed by atoms with E-state index in [0.717, 1.165) is 5.56 Å². The molecule has 0 saturated carbocycles. The summed E-state index contributed by atoms with van der Waals surface area (Å²) in [4.78, 5) is 24.5. The first-order valence-corrected chi connectivity index (χ1v) is 9.67. The number of hydrogen-bond donors (Lipinski definition) is 3. The highest BCUT2D eigenvalue weighted by atomic mass is 35.5. The summed E-state index contributed by atoms with van der Waals surface area (Å²) >= 11 is 11.8.